The summed E-state index contributed by atoms with van der Waals surface area (Å²) in [6.07, 6.45) is 5.22. The van der Waals surface area contributed by atoms with E-state index in [0.717, 1.165) is 38.5 Å². The number of hydrogen-bond donors (Lipinski definition) is 0. The van der Waals surface area contributed by atoms with Gasteiger partial charge in [0.15, 0.2) is 23.1 Å². The van der Waals surface area contributed by atoms with Crippen molar-refractivity contribution in [1.29, 1.82) is 0 Å². The molecule has 28 heavy (non-hydrogen) atoms. The highest BCUT2D eigenvalue weighted by Gasteiger charge is 2.21. The first-order chi connectivity index (χ1) is 13.5. The third kappa shape index (κ3) is 5.40. The van der Waals surface area contributed by atoms with Gasteiger partial charge in [0, 0.05) is 11.1 Å². The summed E-state index contributed by atoms with van der Waals surface area (Å²) in [7, 11) is 0. The summed E-state index contributed by atoms with van der Waals surface area (Å²) in [4.78, 5) is 0. The van der Waals surface area contributed by atoms with Crippen LogP contribution < -0.4 is 9.47 Å². The van der Waals surface area contributed by atoms with Crippen molar-refractivity contribution < 1.29 is 27.0 Å². The van der Waals surface area contributed by atoms with Crippen LogP contribution in [0.3, 0.4) is 0 Å². The first-order valence-electron chi connectivity index (χ1n) is 9.73. The minimum atomic E-state index is -1.28. The van der Waals surface area contributed by atoms with Crippen molar-refractivity contribution in [1.82, 2.24) is 0 Å². The highest BCUT2D eigenvalue weighted by atomic mass is 19.2. The second-order valence-corrected chi connectivity index (χ2v) is 6.59. The monoisotopic (exact) mass is 398 g/mol. The van der Waals surface area contributed by atoms with Crippen LogP contribution in [-0.4, -0.2) is 13.2 Å². The SMILES string of the molecule is CCCCCOc1ccc(-c2ccc(OCCCCC)c(F)c2F)c(F)c1F. The second kappa shape index (κ2) is 10.9. The van der Waals surface area contributed by atoms with E-state index in [1.165, 1.54) is 24.3 Å². The minimum Gasteiger partial charge on any atom is -0.490 e. The van der Waals surface area contributed by atoms with Gasteiger partial charge in [-0.3, -0.25) is 0 Å². The van der Waals surface area contributed by atoms with E-state index < -0.39 is 23.3 Å². The molecule has 0 saturated carbocycles. The molecule has 0 aromatic heterocycles. The molecule has 0 saturated heterocycles. The third-order valence-electron chi connectivity index (χ3n) is 4.39. The largest absolute Gasteiger partial charge is 0.490 e. The van der Waals surface area contributed by atoms with E-state index in [-0.39, 0.29) is 35.8 Å². The summed E-state index contributed by atoms with van der Waals surface area (Å²) in [6.45, 7) is 4.56. The molecular weight excluding hydrogens is 372 g/mol. The molecule has 0 fully saturated rings. The molecule has 0 unspecified atom stereocenters. The number of hydrogen-bond acceptors (Lipinski definition) is 2. The molecule has 2 rings (SSSR count). The Labute approximate surface area is 163 Å². The first-order valence-corrected chi connectivity index (χ1v) is 9.73. The maximum atomic E-state index is 14.4. The maximum Gasteiger partial charge on any atom is 0.201 e. The van der Waals surface area contributed by atoms with Crippen LogP contribution in [0.15, 0.2) is 24.3 Å². The van der Waals surface area contributed by atoms with Crippen molar-refractivity contribution in [3.05, 3.63) is 47.5 Å². The molecule has 0 spiro atoms. The molecule has 6 heteroatoms. The molecule has 2 nitrogen and oxygen atoms in total. The Kier molecular flexibility index (Phi) is 8.61. The van der Waals surface area contributed by atoms with Crippen LogP contribution in [-0.2, 0) is 0 Å². The molecule has 154 valence electrons. The van der Waals surface area contributed by atoms with Gasteiger partial charge in [-0.25, -0.2) is 8.78 Å². The van der Waals surface area contributed by atoms with E-state index in [2.05, 4.69) is 0 Å². The lowest BCUT2D eigenvalue weighted by Crippen LogP contribution is -2.04. The van der Waals surface area contributed by atoms with Crippen LogP contribution in [0.2, 0.25) is 0 Å². The number of benzene rings is 2. The summed E-state index contributed by atoms with van der Waals surface area (Å²) in [5.41, 5.74) is -0.736. The van der Waals surface area contributed by atoms with E-state index in [4.69, 9.17) is 9.47 Å². The Hall–Kier alpha value is -2.24. The number of unbranched alkanes of at least 4 members (excludes halogenated alkanes) is 4. The summed E-state index contributed by atoms with van der Waals surface area (Å²) in [6, 6.07) is 4.83. The van der Waals surface area contributed by atoms with Crippen LogP contribution in [0.1, 0.15) is 52.4 Å². The molecule has 0 heterocycles. The standard InChI is InChI=1S/C22H26F4O2/c1-3-5-7-13-27-17-11-9-15(19(23)21(17)25)16-10-12-18(22(26)20(16)24)28-14-8-6-4-2/h9-12H,3-8,13-14H2,1-2H3. The van der Waals surface area contributed by atoms with Gasteiger partial charge in [-0.1, -0.05) is 39.5 Å². The van der Waals surface area contributed by atoms with Crippen LogP contribution in [0.4, 0.5) is 17.6 Å². The van der Waals surface area contributed by atoms with Gasteiger partial charge in [0.2, 0.25) is 11.6 Å². The molecule has 0 aliphatic rings. The second-order valence-electron chi connectivity index (χ2n) is 6.59. The fraction of sp³-hybridized carbons (Fsp3) is 0.455. The topological polar surface area (TPSA) is 18.5 Å². The first kappa shape index (κ1) is 22.1. The average molecular weight is 398 g/mol. The van der Waals surface area contributed by atoms with E-state index >= 15 is 0 Å². The van der Waals surface area contributed by atoms with Crippen LogP contribution in [0, 0.1) is 23.3 Å². The van der Waals surface area contributed by atoms with E-state index in [9.17, 15) is 17.6 Å². The van der Waals surface area contributed by atoms with Gasteiger partial charge in [-0.05, 0) is 37.1 Å². The highest BCUT2D eigenvalue weighted by molar-refractivity contribution is 5.67. The number of halogens is 4. The fourth-order valence-electron chi connectivity index (χ4n) is 2.77. The Bertz CT molecular complexity index is 712. The molecule has 2 aromatic rings. The van der Waals surface area contributed by atoms with E-state index in [1.54, 1.807) is 0 Å². The Morgan fingerprint density at radius 3 is 1.32 bits per heavy atom. The van der Waals surface area contributed by atoms with Gasteiger partial charge in [0.25, 0.3) is 0 Å². The Balaban J connectivity index is 2.20. The van der Waals surface area contributed by atoms with Crippen LogP contribution >= 0.6 is 0 Å². The van der Waals surface area contributed by atoms with Gasteiger partial charge in [-0.15, -0.1) is 0 Å². The lowest BCUT2D eigenvalue weighted by atomic mass is 10.0. The smallest absolute Gasteiger partial charge is 0.201 e. The van der Waals surface area contributed by atoms with Crippen molar-refractivity contribution in [2.45, 2.75) is 52.4 Å². The van der Waals surface area contributed by atoms with Gasteiger partial charge < -0.3 is 9.47 Å². The average Bonchev–Trinajstić information content (AvgIpc) is 2.69. The molecule has 2 aromatic carbocycles. The molecule has 0 radical (unpaired) electrons. The lowest BCUT2D eigenvalue weighted by Gasteiger charge is -2.13. The maximum absolute atomic E-state index is 14.4. The van der Waals surface area contributed by atoms with E-state index in [0.29, 0.717) is 0 Å². The normalized spacial score (nSPS) is 10.9. The Morgan fingerprint density at radius 2 is 0.964 bits per heavy atom. The number of rotatable bonds is 11. The zero-order chi connectivity index (χ0) is 20.5. The zero-order valence-corrected chi connectivity index (χ0v) is 16.3. The predicted octanol–water partition coefficient (Wildman–Crippen LogP) is 7.05. The third-order valence-corrected chi connectivity index (χ3v) is 4.39. The fourth-order valence-corrected chi connectivity index (χ4v) is 2.77. The van der Waals surface area contributed by atoms with Crippen LogP contribution in [0.5, 0.6) is 11.5 Å². The molecule has 0 atom stereocenters. The molecule has 0 aliphatic heterocycles. The van der Waals surface area contributed by atoms with Gasteiger partial charge in [-0.2, -0.15) is 8.78 Å². The van der Waals surface area contributed by atoms with Gasteiger partial charge >= 0.3 is 0 Å². The lowest BCUT2D eigenvalue weighted by molar-refractivity contribution is 0.285. The Morgan fingerprint density at radius 1 is 0.571 bits per heavy atom. The molecule has 0 bridgehead atoms. The quantitative estimate of drug-likeness (QED) is 0.298. The van der Waals surface area contributed by atoms with Crippen molar-refractivity contribution in [3.8, 4) is 22.6 Å². The summed E-state index contributed by atoms with van der Waals surface area (Å²) in [5, 5.41) is 0. The number of ether oxygens (including phenoxy) is 2. The van der Waals surface area contributed by atoms with Crippen molar-refractivity contribution >= 4 is 0 Å². The zero-order valence-electron chi connectivity index (χ0n) is 16.3. The summed E-state index contributed by atoms with van der Waals surface area (Å²) < 4.78 is 67.9. The highest BCUT2D eigenvalue weighted by Crippen LogP contribution is 2.34. The molecule has 0 N–H and O–H groups in total. The minimum absolute atomic E-state index is 0.242. The molecule has 0 amide bonds. The van der Waals surface area contributed by atoms with Crippen molar-refractivity contribution in [2.75, 3.05) is 13.2 Å². The molecule has 0 aliphatic carbocycles. The summed E-state index contributed by atoms with van der Waals surface area (Å²) >= 11 is 0. The molecular formula is C22H26F4O2. The van der Waals surface area contributed by atoms with Gasteiger partial charge in [0.05, 0.1) is 13.2 Å². The van der Waals surface area contributed by atoms with Crippen LogP contribution in [0.25, 0.3) is 11.1 Å². The van der Waals surface area contributed by atoms with E-state index in [1.807, 2.05) is 13.8 Å². The predicted molar refractivity (Wildman–Crippen MR) is 102 cm³/mol. The van der Waals surface area contributed by atoms with Crippen molar-refractivity contribution in [2.24, 2.45) is 0 Å². The summed E-state index contributed by atoms with van der Waals surface area (Å²) in [5.74, 6) is -5.46. The van der Waals surface area contributed by atoms with Gasteiger partial charge in [0.1, 0.15) is 0 Å². The van der Waals surface area contributed by atoms with Crippen molar-refractivity contribution in [3.63, 3.8) is 0 Å².